The zero-order valence-corrected chi connectivity index (χ0v) is 17.0. The van der Waals surface area contributed by atoms with Crippen LogP contribution in [-0.2, 0) is 20.4 Å². The Balaban J connectivity index is 1.68. The third-order valence-corrected chi connectivity index (χ3v) is 4.79. The Morgan fingerprint density at radius 3 is 2.63 bits per heavy atom. The fourth-order valence-corrected chi connectivity index (χ4v) is 2.81. The standard InChI is InChI=1S/C19H20Cl2N2O3S/c1-25-26-27-23-16-8-4-14(5-9-16)7-11-19(24)22-12-2-3-15-6-10-17(20)18(21)13-15/h2-6,8-10,13,23H,7,11-12H2,1H3,(H,22,24)/b3-2+. The molecule has 0 heterocycles. The summed E-state index contributed by atoms with van der Waals surface area (Å²) >= 11 is 12.8. The molecule has 0 bridgehead atoms. The SMILES string of the molecule is COOSNc1ccc(CCC(=O)NC/C=C/c2ccc(Cl)c(Cl)c2)cc1. The van der Waals surface area contributed by atoms with Gasteiger partial charge < -0.3 is 10.0 Å². The van der Waals surface area contributed by atoms with Crippen molar-refractivity contribution < 1.29 is 14.0 Å². The first-order valence-corrected chi connectivity index (χ1v) is 9.68. The van der Waals surface area contributed by atoms with E-state index >= 15 is 0 Å². The number of amides is 1. The predicted molar refractivity (Wildman–Crippen MR) is 113 cm³/mol. The minimum absolute atomic E-state index is 0.0000372. The topological polar surface area (TPSA) is 59.6 Å². The lowest BCUT2D eigenvalue weighted by Gasteiger charge is -2.06. The van der Waals surface area contributed by atoms with Crippen LogP contribution in [0.3, 0.4) is 0 Å². The molecular formula is C19H20Cl2N2O3S. The number of halogens is 2. The van der Waals surface area contributed by atoms with Gasteiger partial charge >= 0.3 is 0 Å². The summed E-state index contributed by atoms with van der Waals surface area (Å²) in [6.45, 7) is 0.457. The van der Waals surface area contributed by atoms with Crippen molar-refractivity contribution in [1.82, 2.24) is 5.32 Å². The van der Waals surface area contributed by atoms with Gasteiger partial charge in [0.05, 0.1) is 17.2 Å². The molecule has 8 heteroatoms. The molecule has 0 atom stereocenters. The molecule has 2 rings (SSSR count). The molecule has 5 nitrogen and oxygen atoms in total. The molecule has 0 fully saturated rings. The number of carbonyl (C=O) groups is 1. The van der Waals surface area contributed by atoms with Crippen LogP contribution in [0.4, 0.5) is 5.69 Å². The second-order valence-electron chi connectivity index (χ2n) is 5.50. The summed E-state index contributed by atoms with van der Waals surface area (Å²) in [6.07, 6.45) is 4.86. The van der Waals surface area contributed by atoms with Crippen molar-refractivity contribution in [2.45, 2.75) is 12.8 Å². The van der Waals surface area contributed by atoms with Crippen LogP contribution in [0.1, 0.15) is 17.5 Å². The third kappa shape index (κ3) is 8.24. The van der Waals surface area contributed by atoms with Crippen molar-refractivity contribution in [2.75, 3.05) is 18.4 Å². The molecule has 2 N–H and O–H groups in total. The van der Waals surface area contributed by atoms with E-state index in [4.69, 9.17) is 23.2 Å². The normalized spacial score (nSPS) is 10.9. The molecule has 144 valence electrons. The number of hydrogen-bond acceptors (Lipinski definition) is 5. The predicted octanol–water partition coefficient (Wildman–Crippen LogP) is 5.31. The fourth-order valence-electron chi connectivity index (χ4n) is 2.17. The zero-order chi connectivity index (χ0) is 19.5. The van der Waals surface area contributed by atoms with Crippen molar-refractivity contribution in [3.63, 3.8) is 0 Å². The van der Waals surface area contributed by atoms with Crippen LogP contribution in [0.25, 0.3) is 6.08 Å². The number of rotatable bonds is 10. The number of hydrogen-bond donors (Lipinski definition) is 2. The van der Waals surface area contributed by atoms with Crippen molar-refractivity contribution in [2.24, 2.45) is 0 Å². The Morgan fingerprint density at radius 2 is 1.93 bits per heavy atom. The molecule has 0 aliphatic heterocycles. The maximum atomic E-state index is 11.9. The lowest BCUT2D eigenvalue weighted by atomic mass is 10.1. The number of aryl methyl sites for hydroxylation is 1. The third-order valence-electron chi connectivity index (χ3n) is 3.53. The summed E-state index contributed by atoms with van der Waals surface area (Å²) in [7, 11) is 1.44. The molecule has 0 spiro atoms. The first kappa shape index (κ1) is 21.6. The van der Waals surface area contributed by atoms with Gasteiger partial charge in [-0.25, -0.2) is 4.89 Å². The van der Waals surface area contributed by atoms with Crippen molar-refractivity contribution in [3.05, 3.63) is 69.7 Å². The summed E-state index contributed by atoms with van der Waals surface area (Å²) in [5, 5.41) is 3.89. The van der Waals surface area contributed by atoms with Gasteiger partial charge in [0.15, 0.2) is 0 Å². The summed E-state index contributed by atoms with van der Waals surface area (Å²) in [6, 6.07) is 13.1. The highest BCUT2D eigenvalue weighted by Gasteiger charge is 2.02. The van der Waals surface area contributed by atoms with Crippen molar-refractivity contribution in [1.29, 1.82) is 0 Å². The van der Waals surface area contributed by atoms with Crippen LogP contribution < -0.4 is 10.0 Å². The average molecular weight is 427 g/mol. The van der Waals surface area contributed by atoms with E-state index in [2.05, 4.69) is 19.3 Å². The molecule has 0 radical (unpaired) electrons. The molecular weight excluding hydrogens is 407 g/mol. The molecule has 1 amide bonds. The minimum Gasteiger partial charge on any atom is -0.353 e. The maximum Gasteiger partial charge on any atom is 0.220 e. The monoisotopic (exact) mass is 426 g/mol. The summed E-state index contributed by atoms with van der Waals surface area (Å²) in [5.41, 5.74) is 2.90. The van der Waals surface area contributed by atoms with E-state index in [0.717, 1.165) is 29.0 Å². The Hall–Kier alpha value is -1.70. The van der Waals surface area contributed by atoms with E-state index in [9.17, 15) is 4.79 Å². The number of benzene rings is 2. The molecule has 0 unspecified atom stereocenters. The van der Waals surface area contributed by atoms with Crippen LogP contribution in [0.2, 0.25) is 10.0 Å². The largest absolute Gasteiger partial charge is 0.353 e. The zero-order valence-electron chi connectivity index (χ0n) is 14.7. The van der Waals surface area contributed by atoms with Crippen LogP contribution in [-0.4, -0.2) is 19.6 Å². The van der Waals surface area contributed by atoms with Gasteiger partial charge in [-0.15, -0.1) is 4.33 Å². The van der Waals surface area contributed by atoms with Crippen LogP contribution in [0, 0.1) is 0 Å². The second-order valence-corrected chi connectivity index (χ2v) is 6.82. The van der Waals surface area contributed by atoms with Gasteiger partial charge in [-0.3, -0.25) is 4.79 Å². The Labute approximate surface area is 173 Å². The van der Waals surface area contributed by atoms with Crippen molar-refractivity contribution >= 4 is 53.1 Å². The van der Waals surface area contributed by atoms with Gasteiger partial charge in [0.1, 0.15) is 12.2 Å². The molecule has 0 saturated carbocycles. The highest BCUT2D eigenvalue weighted by Crippen LogP contribution is 2.23. The van der Waals surface area contributed by atoms with E-state index in [0.29, 0.717) is 29.4 Å². The number of nitrogens with one attached hydrogen (secondary N) is 2. The van der Waals surface area contributed by atoms with Gasteiger partial charge in [0.25, 0.3) is 0 Å². The number of anilines is 1. The molecule has 27 heavy (non-hydrogen) atoms. The first-order valence-electron chi connectivity index (χ1n) is 8.18. The molecule has 0 aliphatic rings. The lowest BCUT2D eigenvalue weighted by Crippen LogP contribution is -2.23. The summed E-state index contributed by atoms with van der Waals surface area (Å²) in [5.74, 6) is 0.0000372. The summed E-state index contributed by atoms with van der Waals surface area (Å²) < 4.78 is 7.63. The van der Waals surface area contributed by atoms with E-state index < -0.39 is 0 Å². The van der Waals surface area contributed by atoms with E-state index in [1.807, 2.05) is 42.5 Å². The van der Waals surface area contributed by atoms with Crippen LogP contribution >= 0.6 is 35.4 Å². The van der Waals surface area contributed by atoms with Gasteiger partial charge in [0, 0.05) is 18.7 Å². The number of carbonyl (C=O) groups excluding carboxylic acids is 1. The first-order chi connectivity index (χ1) is 13.1. The quantitative estimate of drug-likeness (QED) is 0.177. The summed E-state index contributed by atoms with van der Waals surface area (Å²) in [4.78, 5) is 16.4. The highest BCUT2D eigenvalue weighted by atomic mass is 35.5. The van der Waals surface area contributed by atoms with Crippen LogP contribution in [0.5, 0.6) is 0 Å². The Kier molecular flexibility index (Phi) is 9.52. The lowest BCUT2D eigenvalue weighted by molar-refractivity contribution is -0.159. The minimum atomic E-state index is 0.0000372. The fraction of sp³-hybridized carbons (Fsp3) is 0.211. The molecule has 0 saturated heterocycles. The second kappa shape index (κ2) is 11.9. The van der Waals surface area contributed by atoms with Gasteiger partial charge in [-0.1, -0.05) is 53.6 Å². The average Bonchev–Trinajstić information content (AvgIpc) is 2.67. The maximum absolute atomic E-state index is 11.9. The van der Waals surface area contributed by atoms with Gasteiger partial charge in [0.2, 0.25) is 5.91 Å². The Bertz CT molecular complexity index is 770. The van der Waals surface area contributed by atoms with E-state index in [1.54, 1.807) is 12.1 Å². The molecule has 2 aromatic carbocycles. The van der Waals surface area contributed by atoms with Gasteiger partial charge in [-0.05, 0) is 41.8 Å². The van der Waals surface area contributed by atoms with Crippen LogP contribution in [0.15, 0.2) is 48.5 Å². The molecule has 2 aromatic rings. The highest BCUT2D eigenvalue weighted by molar-refractivity contribution is 7.95. The van der Waals surface area contributed by atoms with Crippen molar-refractivity contribution in [3.8, 4) is 0 Å². The van der Waals surface area contributed by atoms with E-state index in [1.165, 1.54) is 7.11 Å². The van der Waals surface area contributed by atoms with E-state index in [-0.39, 0.29) is 5.91 Å². The Morgan fingerprint density at radius 1 is 1.15 bits per heavy atom. The molecule has 0 aliphatic carbocycles. The smallest absolute Gasteiger partial charge is 0.220 e. The van der Waals surface area contributed by atoms with Gasteiger partial charge in [-0.2, -0.15) is 0 Å². The molecule has 0 aromatic heterocycles.